The lowest BCUT2D eigenvalue weighted by molar-refractivity contribution is -0.137. The Morgan fingerprint density at radius 3 is 2.67 bits per heavy atom. The largest absolute Gasteiger partial charge is 0.480 e. The van der Waals surface area contributed by atoms with Crippen molar-refractivity contribution >= 4 is 16.0 Å². The summed E-state index contributed by atoms with van der Waals surface area (Å²) in [6.07, 6.45) is 0.564. The zero-order valence-corrected chi connectivity index (χ0v) is 13.2. The smallest absolute Gasteiger partial charge is 0.325 e. The van der Waals surface area contributed by atoms with E-state index in [1.807, 2.05) is 6.92 Å². The van der Waals surface area contributed by atoms with Gasteiger partial charge in [-0.1, -0.05) is 0 Å². The molecule has 0 saturated carbocycles. The zero-order chi connectivity index (χ0) is 16.0. The second-order valence-corrected chi connectivity index (χ2v) is 6.20. The highest BCUT2D eigenvalue weighted by Crippen LogP contribution is 2.19. The highest BCUT2D eigenvalue weighted by Gasteiger charge is 2.24. The predicted octanol–water partition coefficient (Wildman–Crippen LogP) is 0.289. The molecule has 0 amide bonds. The number of aryl methyl sites for hydroxylation is 1. The van der Waals surface area contributed by atoms with Crippen molar-refractivity contribution in [2.24, 2.45) is 0 Å². The molecule has 8 nitrogen and oxygen atoms in total. The van der Waals surface area contributed by atoms with E-state index in [1.54, 1.807) is 6.92 Å². The van der Waals surface area contributed by atoms with Crippen LogP contribution >= 0.6 is 0 Å². The monoisotopic (exact) mass is 319 g/mol. The Labute approximate surface area is 124 Å². The summed E-state index contributed by atoms with van der Waals surface area (Å²) in [5.41, 5.74) is 0.596. The number of rotatable bonds is 9. The third-order valence-corrected chi connectivity index (χ3v) is 4.54. The quantitative estimate of drug-likeness (QED) is 0.633. The molecule has 0 radical (unpaired) electrons. The molecule has 0 fully saturated rings. The van der Waals surface area contributed by atoms with Gasteiger partial charge in [-0.15, -0.1) is 0 Å². The minimum absolute atomic E-state index is 0.0418. The normalized spacial score (nSPS) is 11.8. The molecule has 0 bridgehead atoms. The van der Waals surface area contributed by atoms with E-state index in [0.717, 1.165) is 0 Å². The van der Waals surface area contributed by atoms with E-state index in [2.05, 4.69) is 9.82 Å². The Kier molecular flexibility index (Phi) is 6.31. The second-order valence-electron chi connectivity index (χ2n) is 4.50. The van der Waals surface area contributed by atoms with Gasteiger partial charge in [-0.05, 0) is 27.2 Å². The number of hydrogen-bond acceptors (Lipinski definition) is 5. The Bertz CT molecular complexity index is 594. The van der Waals surface area contributed by atoms with Crippen molar-refractivity contribution in [2.45, 2.75) is 38.6 Å². The van der Waals surface area contributed by atoms with Gasteiger partial charge in [0.15, 0.2) is 0 Å². The highest BCUT2D eigenvalue weighted by atomic mass is 32.2. The van der Waals surface area contributed by atoms with E-state index in [9.17, 15) is 13.2 Å². The molecule has 21 heavy (non-hydrogen) atoms. The SMILES string of the molecule is CCOCCCNS(=O)(=O)c1c(C)nn(CC(=O)O)c1C. The molecule has 1 heterocycles. The standard InChI is InChI=1S/C12H21N3O5S/c1-4-20-7-5-6-13-21(18,19)12-9(2)14-15(10(12)3)8-11(16)17/h13H,4-8H2,1-3H3,(H,16,17). The molecule has 9 heteroatoms. The van der Waals surface area contributed by atoms with Crippen molar-refractivity contribution in [3.63, 3.8) is 0 Å². The molecule has 0 aliphatic rings. The number of sulfonamides is 1. The average molecular weight is 319 g/mol. The van der Waals surface area contributed by atoms with Crippen LogP contribution in [0.25, 0.3) is 0 Å². The molecule has 0 aliphatic heterocycles. The number of carbonyl (C=O) groups is 1. The average Bonchev–Trinajstić information content (AvgIpc) is 2.63. The van der Waals surface area contributed by atoms with Crippen LogP contribution in [-0.2, 0) is 26.1 Å². The van der Waals surface area contributed by atoms with Gasteiger partial charge in [0.25, 0.3) is 0 Å². The van der Waals surface area contributed by atoms with Crippen LogP contribution in [0.2, 0.25) is 0 Å². The Morgan fingerprint density at radius 2 is 2.10 bits per heavy atom. The summed E-state index contributed by atoms with van der Waals surface area (Å²) in [4.78, 5) is 10.8. The summed E-state index contributed by atoms with van der Waals surface area (Å²) in [5, 5.41) is 12.7. The third kappa shape index (κ3) is 4.80. The first kappa shape index (κ1) is 17.6. The minimum Gasteiger partial charge on any atom is -0.480 e. The van der Waals surface area contributed by atoms with E-state index in [4.69, 9.17) is 9.84 Å². The summed E-state index contributed by atoms with van der Waals surface area (Å²) in [5.74, 6) is -1.07. The number of nitrogens with zero attached hydrogens (tertiary/aromatic N) is 2. The summed E-state index contributed by atoms with van der Waals surface area (Å²) < 4.78 is 33.3. The van der Waals surface area contributed by atoms with Crippen molar-refractivity contribution in [1.82, 2.24) is 14.5 Å². The molecule has 120 valence electrons. The van der Waals surface area contributed by atoms with Crippen LogP contribution in [-0.4, -0.2) is 49.0 Å². The number of nitrogens with one attached hydrogen (secondary N) is 1. The summed E-state index contributed by atoms with van der Waals surface area (Å²) in [6.45, 7) is 5.91. The van der Waals surface area contributed by atoms with Crippen LogP contribution in [0.4, 0.5) is 0 Å². The van der Waals surface area contributed by atoms with E-state index in [-0.39, 0.29) is 23.7 Å². The lowest BCUT2D eigenvalue weighted by Crippen LogP contribution is -2.26. The first-order chi connectivity index (χ1) is 9.79. The molecule has 0 aliphatic carbocycles. The summed E-state index contributed by atoms with van der Waals surface area (Å²) >= 11 is 0. The van der Waals surface area contributed by atoms with Gasteiger partial charge in [-0.3, -0.25) is 9.48 Å². The van der Waals surface area contributed by atoms with Gasteiger partial charge in [-0.2, -0.15) is 5.10 Å². The van der Waals surface area contributed by atoms with Crippen molar-refractivity contribution in [1.29, 1.82) is 0 Å². The lowest BCUT2D eigenvalue weighted by Gasteiger charge is -2.07. The first-order valence-electron chi connectivity index (χ1n) is 6.62. The first-order valence-corrected chi connectivity index (χ1v) is 8.11. The van der Waals surface area contributed by atoms with Gasteiger partial charge >= 0.3 is 5.97 Å². The van der Waals surface area contributed by atoms with Crippen LogP contribution in [0.3, 0.4) is 0 Å². The molecule has 0 atom stereocenters. The minimum atomic E-state index is -3.71. The maximum Gasteiger partial charge on any atom is 0.325 e. The highest BCUT2D eigenvalue weighted by molar-refractivity contribution is 7.89. The van der Waals surface area contributed by atoms with Gasteiger partial charge in [0.05, 0.1) is 11.4 Å². The Hall–Kier alpha value is -1.45. The van der Waals surface area contributed by atoms with Crippen LogP contribution in [0.1, 0.15) is 24.7 Å². The fraction of sp³-hybridized carbons (Fsp3) is 0.667. The molecule has 1 rings (SSSR count). The number of hydrogen-bond donors (Lipinski definition) is 2. The van der Waals surface area contributed by atoms with Gasteiger partial charge < -0.3 is 9.84 Å². The van der Waals surface area contributed by atoms with Crippen molar-refractivity contribution < 1.29 is 23.1 Å². The molecule has 0 unspecified atom stereocenters. The molecular weight excluding hydrogens is 298 g/mol. The summed E-state index contributed by atoms with van der Waals surface area (Å²) in [6, 6.07) is 0. The maximum absolute atomic E-state index is 12.3. The molecule has 0 saturated heterocycles. The van der Waals surface area contributed by atoms with Crippen molar-refractivity contribution in [2.75, 3.05) is 19.8 Å². The van der Waals surface area contributed by atoms with E-state index in [0.29, 0.717) is 25.3 Å². The van der Waals surface area contributed by atoms with Crippen LogP contribution in [0.5, 0.6) is 0 Å². The molecule has 1 aromatic rings. The topological polar surface area (TPSA) is 111 Å². The number of carboxylic acids is 1. The zero-order valence-electron chi connectivity index (χ0n) is 12.4. The number of carboxylic acid groups (broad SMARTS) is 1. The fourth-order valence-electron chi connectivity index (χ4n) is 1.95. The molecular formula is C12H21N3O5S. The van der Waals surface area contributed by atoms with Gasteiger partial charge in [-0.25, -0.2) is 13.1 Å². The molecule has 1 aromatic heterocycles. The van der Waals surface area contributed by atoms with E-state index >= 15 is 0 Å². The fourth-order valence-corrected chi connectivity index (χ4v) is 3.43. The van der Waals surface area contributed by atoms with E-state index in [1.165, 1.54) is 11.6 Å². The van der Waals surface area contributed by atoms with Crippen LogP contribution < -0.4 is 4.72 Å². The van der Waals surface area contributed by atoms with Gasteiger partial charge in [0, 0.05) is 19.8 Å². The predicted molar refractivity (Wildman–Crippen MR) is 75.6 cm³/mol. The number of ether oxygens (including phenoxy) is 1. The van der Waals surface area contributed by atoms with Crippen molar-refractivity contribution in [3.8, 4) is 0 Å². The van der Waals surface area contributed by atoms with E-state index < -0.39 is 16.0 Å². The van der Waals surface area contributed by atoms with Crippen molar-refractivity contribution in [3.05, 3.63) is 11.4 Å². The Balaban J connectivity index is 2.83. The summed E-state index contributed by atoms with van der Waals surface area (Å²) in [7, 11) is -3.71. The Morgan fingerprint density at radius 1 is 1.43 bits per heavy atom. The number of aliphatic carboxylic acids is 1. The molecule has 0 aromatic carbocycles. The lowest BCUT2D eigenvalue weighted by atomic mass is 10.4. The van der Waals surface area contributed by atoms with Crippen LogP contribution in [0.15, 0.2) is 4.90 Å². The number of aromatic nitrogens is 2. The molecule has 0 spiro atoms. The third-order valence-electron chi connectivity index (χ3n) is 2.83. The van der Waals surface area contributed by atoms with Gasteiger partial charge in [0.1, 0.15) is 11.4 Å². The second kappa shape index (κ2) is 7.53. The van der Waals surface area contributed by atoms with Gasteiger partial charge in [0.2, 0.25) is 10.0 Å². The van der Waals surface area contributed by atoms with Crippen LogP contribution in [0, 0.1) is 13.8 Å². The molecule has 2 N–H and O–H groups in total. The maximum atomic E-state index is 12.3.